The predicted octanol–water partition coefficient (Wildman–Crippen LogP) is 0.762. The number of rotatable bonds is 3. The van der Waals surface area contributed by atoms with Gasteiger partial charge >= 0.3 is 0 Å². The van der Waals surface area contributed by atoms with E-state index in [1.54, 1.807) is 37.7 Å². The van der Waals surface area contributed by atoms with Gasteiger partial charge in [0.1, 0.15) is 13.1 Å². The Morgan fingerprint density at radius 1 is 0.920 bits per heavy atom. The van der Waals surface area contributed by atoms with E-state index in [1.165, 1.54) is 0 Å². The normalized spacial score (nSPS) is 10.3. The number of nitrogens with one attached hydrogen (secondary N) is 1. The second-order valence-corrected chi connectivity index (χ2v) is 5.28. The summed E-state index contributed by atoms with van der Waals surface area (Å²) < 4.78 is 13.3. The van der Waals surface area contributed by atoms with Gasteiger partial charge in [-0.2, -0.15) is 24.9 Å². The number of aryl methyl sites for hydroxylation is 2. The average molecular weight is 373 g/mol. The Kier molecular flexibility index (Phi) is 8.56. The Morgan fingerprint density at radius 2 is 1.36 bits per heavy atom. The van der Waals surface area contributed by atoms with Crippen molar-refractivity contribution in [3.8, 4) is 0 Å². The van der Waals surface area contributed by atoms with Crippen molar-refractivity contribution in [2.45, 2.75) is 13.8 Å². The number of halogens is 1. The summed E-state index contributed by atoms with van der Waals surface area (Å²) in [7, 11) is 10.5. The number of anilines is 3. The van der Waals surface area contributed by atoms with Gasteiger partial charge in [-0.25, -0.2) is 4.98 Å². The van der Waals surface area contributed by atoms with Crippen molar-refractivity contribution in [3.05, 3.63) is 16.9 Å². The number of hydrogen-bond donors (Lipinski definition) is 2. The molecule has 140 valence electrons. The van der Waals surface area contributed by atoms with Crippen molar-refractivity contribution in [3.63, 3.8) is 0 Å². The smallest absolute Gasteiger partial charge is 0.229 e. The van der Waals surface area contributed by atoms with Crippen LogP contribution in [-0.2, 0) is 0 Å². The lowest BCUT2D eigenvalue weighted by Gasteiger charge is -2.10. The lowest BCUT2D eigenvalue weighted by atomic mass is 10.6. The van der Waals surface area contributed by atoms with Gasteiger partial charge < -0.3 is 20.8 Å². The van der Waals surface area contributed by atoms with Crippen LogP contribution in [0.5, 0.6) is 0 Å². The largest absolute Gasteiger partial charge is 0.357 e. The predicted molar refractivity (Wildman–Crippen MR) is 102 cm³/mol. The van der Waals surface area contributed by atoms with Gasteiger partial charge in [-0.15, -0.1) is 0 Å². The van der Waals surface area contributed by atoms with Gasteiger partial charge in [0.25, 0.3) is 0 Å². The van der Waals surface area contributed by atoms with Gasteiger partial charge in [0.05, 0.1) is 0 Å². The summed E-state index contributed by atoms with van der Waals surface area (Å²) in [6.07, 6.45) is 0. The Hall–Kier alpha value is -2.33. The minimum atomic E-state index is 0.237. The molecule has 0 fully saturated rings. The van der Waals surface area contributed by atoms with E-state index in [9.17, 15) is 0 Å². The number of nitrogens with two attached hydrogens (primary N) is 1. The topological polar surface area (TPSA) is 122 Å². The van der Waals surface area contributed by atoms with Crippen molar-refractivity contribution >= 4 is 29.4 Å². The van der Waals surface area contributed by atoms with Crippen LogP contribution in [0.1, 0.15) is 11.6 Å². The van der Waals surface area contributed by atoms with Gasteiger partial charge in [-0.1, -0.05) is 0 Å². The zero-order valence-electron chi connectivity index (χ0n) is 17.9. The molecule has 2 aromatic rings. The maximum absolute atomic E-state index is 7.32. The summed E-state index contributed by atoms with van der Waals surface area (Å²) in [5.41, 5.74) is 2.00. The third-order valence-corrected chi connectivity index (χ3v) is 2.60. The van der Waals surface area contributed by atoms with E-state index in [0.29, 0.717) is 29.5 Å². The third kappa shape index (κ3) is 8.36. The highest BCUT2D eigenvalue weighted by molar-refractivity contribution is 6.28. The number of hydrogen-bond acceptors (Lipinski definition) is 10. The van der Waals surface area contributed by atoms with Crippen LogP contribution in [-0.4, -0.2) is 72.2 Å². The van der Waals surface area contributed by atoms with E-state index in [4.69, 9.17) is 14.4 Å². The highest BCUT2D eigenvalue weighted by Gasteiger charge is 2.03. The fourth-order valence-corrected chi connectivity index (χ4v) is 1.59. The zero-order valence-corrected chi connectivity index (χ0v) is 16.7. The first-order valence-corrected chi connectivity index (χ1v) is 7.66. The average Bonchev–Trinajstić information content (AvgIpc) is 2.54. The molecule has 10 nitrogen and oxygen atoms in total. The third-order valence-electron chi connectivity index (χ3n) is 2.43. The van der Waals surface area contributed by atoms with E-state index >= 15 is 0 Å². The molecule has 2 rings (SSSR count). The zero-order chi connectivity index (χ0) is 21.1. The molecule has 0 radical (unpaired) electrons. The summed E-state index contributed by atoms with van der Waals surface area (Å²) in [5.74, 6) is 2.77. The van der Waals surface area contributed by atoms with E-state index in [0.717, 1.165) is 5.31 Å². The summed E-state index contributed by atoms with van der Waals surface area (Å²) in [4.78, 5) is 27.5. The van der Waals surface area contributed by atoms with Gasteiger partial charge in [-0.3, -0.25) is 0 Å². The van der Waals surface area contributed by atoms with Crippen LogP contribution in [0.3, 0.4) is 0 Å². The van der Waals surface area contributed by atoms with Gasteiger partial charge in [0, 0.05) is 35.2 Å². The summed E-state index contributed by atoms with van der Waals surface area (Å²) in [6.45, 7) is 3.56. The van der Waals surface area contributed by atoms with Crippen molar-refractivity contribution in [1.29, 1.82) is 0 Å². The second-order valence-electron chi connectivity index (χ2n) is 4.95. The maximum atomic E-state index is 7.32. The fraction of sp³-hybridized carbons (Fsp3) is 0.571. The standard InChI is InChI=1S/C7H13N5.C6H9ClN4.CH5N/c1-5-9-6(8-2)11-7(10-5)12(3)4;1-4-8-5(7)10-6(9-4)11(2)3;1-2/h1-4H3,(H,8,9,10,11);1-3H3;2H2,1H3/i/hD2. The van der Waals surface area contributed by atoms with Crippen LogP contribution in [0.2, 0.25) is 8.11 Å². The summed E-state index contributed by atoms with van der Waals surface area (Å²) in [5, 5.41) is 1.35. The first kappa shape index (κ1) is 19.0. The van der Waals surface area contributed by atoms with Crippen LogP contribution in [0.25, 0.3) is 0 Å². The van der Waals surface area contributed by atoms with Gasteiger partial charge in [-0.05, 0) is 32.5 Å². The molecule has 0 spiro atoms. The van der Waals surface area contributed by atoms with Crippen molar-refractivity contribution in [2.75, 3.05) is 57.4 Å². The molecule has 2 heterocycles. The maximum Gasteiger partial charge on any atom is 0.229 e. The molecule has 0 bridgehead atoms. The van der Waals surface area contributed by atoms with E-state index < -0.39 is 0 Å². The van der Waals surface area contributed by atoms with Gasteiger partial charge in [0.15, 0.2) is 1.41 Å². The van der Waals surface area contributed by atoms with E-state index in [2.05, 4.69) is 29.9 Å². The molecule has 25 heavy (non-hydrogen) atoms. The first-order chi connectivity index (χ1) is 12.5. The molecular formula is C14H27ClN10. The Bertz CT molecular complexity index is 653. The highest BCUT2D eigenvalue weighted by atomic mass is 35.5. The van der Waals surface area contributed by atoms with E-state index in [1.807, 2.05) is 33.9 Å². The molecule has 0 aliphatic heterocycles. The van der Waals surface area contributed by atoms with Gasteiger partial charge in [0.2, 0.25) is 23.1 Å². The van der Waals surface area contributed by atoms with E-state index in [-0.39, 0.29) is 5.28 Å². The van der Waals surface area contributed by atoms with Crippen LogP contribution in [0.4, 0.5) is 17.8 Å². The lowest BCUT2D eigenvalue weighted by Crippen LogP contribution is -2.15. The molecule has 0 atom stereocenters. The van der Waals surface area contributed by atoms with Crippen LogP contribution in [0, 0.1) is 13.8 Å². The fourth-order valence-electron chi connectivity index (χ4n) is 1.39. The molecule has 0 amide bonds. The molecular weight excluding hydrogens is 344 g/mol. The molecule has 0 saturated heterocycles. The van der Waals surface area contributed by atoms with Crippen molar-refractivity contribution in [1.82, 2.24) is 29.9 Å². The molecule has 0 saturated carbocycles. The molecule has 0 aromatic carbocycles. The molecule has 0 unspecified atom stereocenters. The summed E-state index contributed by atoms with van der Waals surface area (Å²) in [6, 6.07) is 0. The highest BCUT2D eigenvalue weighted by Crippen LogP contribution is 2.07. The lowest BCUT2D eigenvalue weighted by molar-refractivity contribution is 0.917. The number of nitrogens with zero attached hydrogens (tertiary/aromatic N) is 8. The monoisotopic (exact) mass is 372 g/mol. The number of aromatic nitrogens is 6. The minimum absolute atomic E-state index is 0.237. The summed E-state index contributed by atoms with van der Waals surface area (Å²) >= 11 is 5.61. The molecule has 0 aliphatic rings. The molecule has 0 aliphatic carbocycles. The minimum Gasteiger partial charge on any atom is -0.357 e. The van der Waals surface area contributed by atoms with Crippen LogP contribution < -0.4 is 20.8 Å². The quantitative estimate of drug-likeness (QED) is 0.798. The SMILES string of the molecule is Cc1nc(Cl)nc(N(C)C)n1.[2H]N(C)c1nc(C)nc(N(C)C)n1.[2H]NC. The Labute approximate surface area is 156 Å². The van der Waals surface area contributed by atoms with Crippen LogP contribution in [0.15, 0.2) is 0 Å². The van der Waals surface area contributed by atoms with Crippen molar-refractivity contribution < 1.29 is 2.82 Å². The molecule has 3 N–H and O–H groups in total. The Morgan fingerprint density at radius 3 is 1.76 bits per heavy atom. The molecule has 11 heteroatoms. The second kappa shape index (κ2) is 11.3. The first-order valence-electron chi connectivity index (χ1n) is 8.23. The molecule has 2 aromatic heterocycles. The van der Waals surface area contributed by atoms with Crippen LogP contribution >= 0.6 is 11.6 Å². The van der Waals surface area contributed by atoms with Crippen molar-refractivity contribution in [2.24, 2.45) is 5.73 Å². The Balaban J connectivity index is 0.000000442.